The number of pyridine rings is 1. The lowest BCUT2D eigenvalue weighted by atomic mass is 10.0. The minimum Gasteiger partial charge on any atom is -0.465 e. The number of hydrogen-bond donors (Lipinski definition) is 6. The number of H-pyrrole nitrogens is 1. The van der Waals surface area contributed by atoms with E-state index >= 15 is 0 Å². The zero-order valence-electron chi connectivity index (χ0n) is 20.2. The Morgan fingerprint density at radius 2 is 2.00 bits per heavy atom. The fraction of sp³-hybridized carbons (Fsp3) is 0.476. The van der Waals surface area contributed by atoms with Gasteiger partial charge in [0, 0.05) is 19.0 Å². The van der Waals surface area contributed by atoms with Crippen LogP contribution in [0, 0.1) is 5.92 Å². The second-order valence-electron chi connectivity index (χ2n) is 8.70. The maximum atomic E-state index is 13.8. The van der Waals surface area contributed by atoms with E-state index in [9.17, 15) is 24.0 Å². The molecule has 16 heteroatoms. The molecule has 0 saturated carbocycles. The number of anilines is 1. The van der Waals surface area contributed by atoms with Crippen molar-refractivity contribution in [3.63, 3.8) is 0 Å². The van der Waals surface area contributed by atoms with E-state index in [0.717, 1.165) is 0 Å². The second kappa shape index (κ2) is 11.9. The highest BCUT2D eigenvalue weighted by molar-refractivity contribution is 6.06. The average Bonchev–Trinajstić information content (AvgIpc) is 3.50. The molecule has 37 heavy (non-hydrogen) atoms. The topological polar surface area (TPSA) is 238 Å². The van der Waals surface area contributed by atoms with E-state index in [0.29, 0.717) is 5.56 Å². The Hall–Kier alpha value is -4.63. The van der Waals surface area contributed by atoms with Crippen LogP contribution < -0.4 is 26.6 Å². The van der Waals surface area contributed by atoms with Crippen molar-refractivity contribution in [2.75, 3.05) is 4.90 Å². The Labute approximate surface area is 210 Å². The number of carbonyl (C=O) groups is 5. The van der Waals surface area contributed by atoms with Crippen molar-refractivity contribution >= 4 is 35.5 Å². The number of tetrazole rings is 1. The van der Waals surface area contributed by atoms with E-state index in [4.69, 9.17) is 10.8 Å². The summed E-state index contributed by atoms with van der Waals surface area (Å²) in [5.41, 5.74) is 5.90. The van der Waals surface area contributed by atoms with E-state index in [1.807, 2.05) is 0 Å². The van der Waals surface area contributed by atoms with E-state index in [2.05, 4.69) is 41.6 Å². The molecule has 3 atom stereocenters. The molecule has 0 spiro atoms. The van der Waals surface area contributed by atoms with Gasteiger partial charge in [0.25, 0.3) is 5.91 Å². The van der Waals surface area contributed by atoms with Gasteiger partial charge in [-0.1, -0.05) is 25.1 Å². The molecule has 3 unspecified atom stereocenters. The Morgan fingerprint density at radius 3 is 2.62 bits per heavy atom. The van der Waals surface area contributed by atoms with E-state index in [-0.39, 0.29) is 37.4 Å². The maximum absolute atomic E-state index is 13.8. The van der Waals surface area contributed by atoms with E-state index in [1.165, 1.54) is 11.1 Å². The molecule has 2 aromatic heterocycles. The summed E-state index contributed by atoms with van der Waals surface area (Å²) in [4.78, 5) is 67.9. The number of fused-ring (bicyclic) bond motifs is 1. The van der Waals surface area contributed by atoms with Crippen molar-refractivity contribution < 1.29 is 29.1 Å². The first-order valence-electron chi connectivity index (χ1n) is 11.4. The number of nitrogens with two attached hydrogens (primary N) is 1. The number of primary amides is 1. The lowest BCUT2D eigenvalue weighted by molar-refractivity contribution is -0.131. The molecule has 0 fully saturated rings. The normalized spacial score (nSPS) is 16.0. The van der Waals surface area contributed by atoms with Gasteiger partial charge >= 0.3 is 6.09 Å². The SMILES string of the molecule is CC(C)C(NC(=O)O)C(=O)NC(CCC(N)=O)C(=O)N1c2ncccc2CC1C(=O)NCc1nn[nH]n1. The summed E-state index contributed by atoms with van der Waals surface area (Å²) in [6.45, 7) is 3.21. The minimum absolute atomic E-state index is 0.0452. The fourth-order valence-corrected chi connectivity index (χ4v) is 3.90. The van der Waals surface area contributed by atoms with Crippen LogP contribution in [0.25, 0.3) is 0 Å². The fourth-order valence-electron chi connectivity index (χ4n) is 3.90. The zero-order chi connectivity index (χ0) is 27.1. The molecule has 1 aliphatic heterocycles. The molecule has 7 N–H and O–H groups in total. The van der Waals surface area contributed by atoms with Gasteiger partial charge < -0.3 is 26.8 Å². The van der Waals surface area contributed by atoms with Gasteiger partial charge in [-0.05, 0) is 24.0 Å². The third-order valence-corrected chi connectivity index (χ3v) is 5.69. The van der Waals surface area contributed by atoms with Crippen molar-refractivity contribution in [1.29, 1.82) is 0 Å². The van der Waals surface area contributed by atoms with Gasteiger partial charge in [-0.3, -0.25) is 24.1 Å². The molecule has 0 bridgehead atoms. The largest absolute Gasteiger partial charge is 0.465 e. The Balaban J connectivity index is 1.87. The van der Waals surface area contributed by atoms with E-state index < -0.39 is 53.8 Å². The number of amides is 5. The number of carboxylic acid groups (broad SMARTS) is 1. The van der Waals surface area contributed by atoms with Gasteiger partial charge in [-0.15, -0.1) is 10.2 Å². The molecule has 1 aliphatic rings. The summed E-state index contributed by atoms with van der Waals surface area (Å²) < 4.78 is 0. The van der Waals surface area contributed by atoms with Crippen molar-refractivity contribution in [2.45, 2.75) is 57.8 Å². The first kappa shape index (κ1) is 27.0. The number of aromatic amines is 1. The van der Waals surface area contributed by atoms with Crippen LogP contribution in [0.4, 0.5) is 10.6 Å². The van der Waals surface area contributed by atoms with Gasteiger partial charge in [0.05, 0.1) is 6.54 Å². The van der Waals surface area contributed by atoms with Crippen molar-refractivity contribution in [3.8, 4) is 0 Å². The lowest BCUT2D eigenvalue weighted by Gasteiger charge is -2.30. The van der Waals surface area contributed by atoms with Crippen LogP contribution in [-0.4, -0.2) is 78.6 Å². The first-order chi connectivity index (χ1) is 17.6. The molecule has 3 heterocycles. The summed E-state index contributed by atoms with van der Waals surface area (Å²) in [6, 6.07) is -0.0948. The molecule has 2 aromatic rings. The standard InChI is InChI=1S/C21H28N10O6/c1-10(2)16(26-21(36)37)19(34)25-12(5-6-14(22)32)20(35)31-13(8-11-4-3-7-23-17(11)31)18(33)24-9-15-27-29-30-28-15/h3-4,7,10,12-13,16,26H,5-6,8-9H2,1-2H3,(H2,22,32)(H,24,33)(H,25,34)(H,36,37)(H,27,28,29,30). The zero-order valence-corrected chi connectivity index (χ0v) is 20.2. The molecule has 16 nitrogen and oxygen atoms in total. The number of nitrogens with zero attached hydrogens (tertiary/aromatic N) is 5. The number of carbonyl (C=O) groups excluding carboxylic acids is 4. The highest BCUT2D eigenvalue weighted by Crippen LogP contribution is 2.31. The predicted octanol–water partition coefficient (Wildman–Crippen LogP) is -1.79. The molecule has 0 radical (unpaired) electrons. The molecule has 0 aromatic carbocycles. The first-order valence-corrected chi connectivity index (χ1v) is 11.4. The summed E-state index contributed by atoms with van der Waals surface area (Å²) in [7, 11) is 0. The Morgan fingerprint density at radius 1 is 1.24 bits per heavy atom. The molecule has 3 rings (SSSR count). The Bertz CT molecular complexity index is 1150. The summed E-state index contributed by atoms with van der Waals surface area (Å²) in [6.07, 6.45) is -0.217. The van der Waals surface area contributed by atoms with Crippen molar-refractivity contribution in [1.82, 2.24) is 41.6 Å². The molecule has 5 amide bonds. The summed E-state index contributed by atoms with van der Waals surface area (Å²) in [5.74, 6) is -2.68. The van der Waals surface area contributed by atoms with Gasteiger partial charge in [-0.25, -0.2) is 9.78 Å². The lowest BCUT2D eigenvalue weighted by Crippen LogP contribution is -2.58. The van der Waals surface area contributed by atoms with Crippen molar-refractivity contribution in [3.05, 3.63) is 29.7 Å². The van der Waals surface area contributed by atoms with Crippen molar-refractivity contribution in [2.24, 2.45) is 11.7 Å². The van der Waals surface area contributed by atoms with Gasteiger partial charge in [0.1, 0.15) is 23.9 Å². The Kier molecular flexibility index (Phi) is 8.65. The van der Waals surface area contributed by atoms with Crippen LogP contribution in [0.2, 0.25) is 0 Å². The third kappa shape index (κ3) is 6.74. The predicted molar refractivity (Wildman–Crippen MR) is 125 cm³/mol. The van der Waals surface area contributed by atoms with Gasteiger partial charge in [0.15, 0.2) is 5.82 Å². The minimum atomic E-state index is -1.41. The summed E-state index contributed by atoms with van der Waals surface area (Å²) >= 11 is 0. The van der Waals surface area contributed by atoms with Crippen LogP contribution >= 0.6 is 0 Å². The maximum Gasteiger partial charge on any atom is 0.405 e. The monoisotopic (exact) mass is 516 g/mol. The van der Waals surface area contributed by atoms with Gasteiger partial charge in [0.2, 0.25) is 17.7 Å². The van der Waals surface area contributed by atoms with E-state index in [1.54, 1.807) is 26.0 Å². The molecular formula is C21H28N10O6. The van der Waals surface area contributed by atoms with Gasteiger partial charge in [-0.2, -0.15) is 5.21 Å². The quantitative estimate of drug-likeness (QED) is 0.196. The number of aromatic nitrogens is 5. The molecular weight excluding hydrogens is 488 g/mol. The number of nitrogens with one attached hydrogen (secondary N) is 4. The highest BCUT2D eigenvalue weighted by Gasteiger charge is 2.42. The molecule has 0 aliphatic carbocycles. The third-order valence-electron chi connectivity index (χ3n) is 5.69. The number of hydrogen-bond acceptors (Lipinski definition) is 9. The van der Waals surface area contributed by atoms with Crippen LogP contribution in [-0.2, 0) is 32.1 Å². The van der Waals surface area contributed by atoms with Crippen LogP contribution in [0.15, 0.2) is 18.3 Å². The molecule has 0 saturated heterocycles. The van der Waals surface area contributed by atoms with Crippen LogP contribution in [0.1, 0.15) is 38.1 Å². The summed E-state index contributed by atoms with van der Waals surface area (Å²) in [5, 5.41) is 29.6. The number of rotatable bonds is 11. The van der Waals surface area contributed by atoms with Crippen LogP contribution in [0.3, 0.4) is 0 Å². The smallest absolute Gasteiger partial charge is 0.405 e. The highest BCUT2D eigenvalue weighted by atomic mass is 16.4. The molecule has 198 valence electrons. The van der Waals surface area contributed by atoms with Crippen LogP contribution in [0.5, 0.6) is 0 Å². The average molecular weight is 517 g/mol. The second-order valence-corrected chi connectivity index (χ2v) is 8.70.